The zero-order valence-corrected chi connectivity index (χ0v) is 21.7. The van der Waals surface area contributed by atoms with E-state index in [1.165, 1.54) is 23.3 Å². The lowest BCUT2D eigenvalue weighted by Gasteiger charge is -2.29. The number of hydrogen-bond donors (Lipinski definition) is 0. The predicted molar refractivity (Wildman–Crippen MR) is 144 cm³/mol. The molecule has 0 spiro atoms. The zero-order valence-electron chi connectivity index (χ0n) is 20.9. The molecule has 0 aromatic heterocycles. The third kappa shape index (κ3) is 4.35. The van der Waals surface area contributed by atoms with Crippen LogP contribution in [0.25, 0.3) is 0 Å². The second kappa shape index (κ2) is 9.68. The lowest BCUT2D eigenvalue weighted by Crippen LogP contribution is -2.37. The summed E-state index contributed by atoms with van der Waals surface area (Å²) < 4.78 is 31.9. The van der Waals surface area contributed by atoms with Crippen LogP contribution < -0.4 is 14.1 Å². The maximum absolute atomic E-state index is 13.9. The van der Waals surface area contributed by atoms with Crippen molar-refractivity contribution in [1.82, 2.24) is 0 Å². The van der Waals surface area contributed by atoms with Gasteiger partial charge in [-0.05, 0) is 55.0 Å². The molecule has 3 atom stereocenters. The molecular weight excluding hydrogens is 516 g/mol. The third-order valence-corrected chi connectivity index (χ3v) is 8.10. The molecule has 39 heavy (non-hydrogen) atoms. The molecule has 2 saturated heterocycles. The van der Waals surface area contributed by atoms with E-state index in [0.29, 0.717) is 16.9 Å². The molecule has 0 unspecified atom stereocenters. The van der Waals surface area contributed by atoms with Crippen LogP contribution in [0, 0.1) is 12.8 Å². The van der Waals surface area contributed by atoms with Crippen molar-refractivity contribution in [3.05, 3.63) is 120 Å². The van der Waals surface area contributed by atoms with E-state index in [2.05, 4.69) is 0 Å². The predicted octanol–water partition coefficient (Wildman–Crippen LogP) is 4.81. The molecule has 2 aliphatic heterocycles. The van der Waals surface area contributed by atoms with Crippen molar-refractivity contribution in [1.29, 1.82) is 0 Å². The molecule has 0 N–H and O–H groups in total. The van der Waals surface area contributed by atoms with E-state index < -0.39 is 40.0 Å². The Morgan fingerprint density at radius 3 is 2.10 bits per heavy atom. The maximum Gasteiger partial charge on any atom is 0.339 e. The number of carbonyl (C=O) groups is 2. The summed E-state index contributed by atoms with van der Waals surface area (Å²) in [5, 5.41) is 1.51. The fourth-order valence-electron chi connectivity index (χ4n) is 5.10. The smallest absolute Gasteiger partial charge is 0.339 e. The normalized spacial score (nSPS) is 20.8. The van der Waals surface area contributed by atoms with Gasteiger partial charge >= 0.3 is 10.1 Å². The molecule has 0 bridgehead atoms. The van der Waals surface area contributed by atoms with Gasteiger partial charge in [0.25, 0.3) is 5.91 Å². The Hall–Kier alpha value is -4.47. The molecule has 0 radical (unpaired) electrons. The molecule has 4 aromatic rings. The number of para-hydroxylation sites is 2. The molecule has 4 aromatic carbocycles. The van der Waals surface area contributed by atoms with Crippen LogP contribution in [0.1, 0.15) is 17.2 Å². The van der Waals surface area contributed by atoms with Gasteiger partial charge in [-0.25, -0.2) is 9.96 Å². The number of carbonyl (C=O) groups excluding carboxylic acids is 2. The number of hydroxylamine groups is 1. The summed E-state index contributed by atoms with van der Waals surface area (Å²) in [5.74, 6) is -1.80. The minimum atomic E-state index is -4.17. The van der Waals surface area contributed by atoms with Crippen LogP contribution in [0.2, 0.25) is 0 Å². The molecule has 6 rings (SSSR count). The Bertz CT molecular complexity index is 1660. The van der Waals surface area contributed by atoms with Crippen molar-refractivity contribution in [2.45, 2.75) is 24.0 Å². The minimum Gasteiger partial charge on any atom is -0.379 e. The van der Waals surface area contributed by atoms with Gasteiger partial charge in [0.1, 0.15) is 16.6 Å². The second-order valence-electron chi connectivity index (χ2n) is 9.40. The van der Waals surface area contributed by atoms with Crippen LogP contribution in [-0.4, -0.2) is 26.3 Å². The Balaban J connectivity index is 1.45. The Morgan fingerprint density at radius 1 is 0.744 bits per heavy atom. The third-order valence-electron chi connectivity index (χ3n) is 6.85. The number of amides is 2. The summed E-state index contributed by atoms with van der Waals surface area (Å²) in [6.45, 7) is 1.88. The zero-order chi connectivity index (χ0) is 27.1. The molecule has 196 valence electrons. The highest BCUT2D eigenvalue weighted by Crippen LogP contribution is 2.49. The molecule has 9 heteroatoms. The van der Waals surface area contributed by atoms with Gasteiger partial charge in [-0.2, -0.15) is 8.42 Å². The number of rotatable bonds is 6. The number of hydrogen-bond acceptors (Lipinski definition) is 7. The molecule has 2 fully saturated rings. The molecule has 0 saturated carbocycles. The van der Waals surface area contributed by atoms with Crippen molar-refractivity contribution in [2.24, 2.45) is 5.92 Å². The average molecular weight is 541 g/mol. The minimum absolute atomic E-state index is 0.00184. The summed E-state index contributed by atoms with van der Waals surface area (Å²) in [6.07, 6.45) is -1.10. The molecule has 0 aliphatic carbocycles. The number of fused-ring (bicyclic) bond motifs is 1. The van der Waals surface area contributed by atoms with Gasteiger partial charge in [0.05, 0.1) is 17.4 Å². The van der Waals surface area contributed by atoms with E-state index in [4.69, 9.17) is 9.02 Å². The van der Waals surface area contributed by atoms with Gasteiger partial charge < -0.3 is 4.18 Å². The van der Waals surface area contributed by atoms with E-state index in [0.717, 1.165) is 10.5 Å². The molecule has 2 amide bonds. The lowest BCUT2D eigenvalue weighted by atomic mass is 9.90. The number of benzene rings is 4. The molecule has 8 nitrogen and oxygen atoms in total. The van der Waals surface area contributed by atoms with Crippen LogP contribution in [0.3, 0.4) is 0 Å². The van der Waals surface area contributed by atoms with E-state index in [1.54, 1.807) is 66.7 Å². The van der Waals surface area contributed by atoms with Crippen LogP contribution in [0.15, 0.2) is 114 Å². The summed E-state index contributed by atoms with van der Waals surface area (Å²) in [6, 6.07) is 29.8. The van der Waals surface area contributed by atoms with Gasteiger partial charge in [0.15, 0.2) is 6.10 Å². The summed E-state index contributed by atoms with van der Waals surface area (Å²) in [7, 11) is -4.17. The van der Waals surface area contributed by atoms with Crippen LogP contribution in [0.5, 0.6) is 5.75 Å². The van der Waals surface area contributed by atoms with E-state index in [1.807, 2.05) is 31.2 Å². The first kappa shape index (κ1) is 24.8. The molecular formula is C30H24N2O6S. The lowest BCUT2D eigenvalue weighted by molar-refractivity contribution is -0.126. The monoisotopic (exact) mass is 540 g/mol. The first-order valence-corrected chi connectivity index (χ1v) is 13.8. The van der Waals surface area contributed by atoms with Crippen molar-refractivity contribution < 1.29 is 27.0 Å². The summed E-state index contributed by atoms with van der Waals surface area (Å²) >= 11 is 0. The fourth-order valence-corrected chi connectivity index (χ4v) is 6.08. The number of nitrogens with zero attached hydrogens (tertiary/aromatic N) is 2. The van der Waals surface area contributed by atoms with E-state index in [-0.39, 0.29) is 10.6 Å². The number of anilines is 2. The largest absolute Gasteiger partial charge is 0.379 e. The quantitative estimate of drug-likeness (QED) is 0.256. The highest BCUT2D eigenvalue weighted by Gasteiger charge is 2.60. The van der Waals surface area contributed by atoms with Crippen LogP contribution >= 0.6 is 0 Å². The van der Waals surface area contributed by atoms with Crippen LogP contribution in [-0.2, 0) is 24.5 Å². The van der Waals surface area contributed by atoms with Gasteiger partial charge in [-0.15, -0.1) is 0 Å². The maximum atomic E-state index is 13.9. The molecule has 2 heterocycles. The summed E-state index contributed by atoms with van der Waals surface area (Å²) in [4.78, 5) is 34.9. The second-order valence-corrected chi connectivity index (χ2v) is 10.9. The van der Waals surface area contributed by atoms with Crippen molar-refractivity contribution in [2.75, 3.05) is 9.96 Å². The van der Waals surface area contributed by atoms with Gasteiger partial charge in [0, 0.05) is 5.56 Å². The molecule has 2 aliphatic rings. The standard InChI is InChI=1S/C30H24N2O6S/c1-20-11-10-14-22(19-20)31-29(33)26-27(32(37-28(26)30(31)34)21-12-4-2-5-13-21)24-17-8-9-18-25(24)38-39(35,36)23-15-6-3-7-16-23/h2-19,26-28H,1H3/t26-,27-,28+/m0/s1. The van der Waals surface area contributed by atoms with E-state index >= 15 is 0 Å². The van der Waals surface area contributed by atoms with Gasteiger partial charge in [0.2, 0.25) is 5.91 Å². The first-order chi connectivity index (χ1) is 18.8. The highest BCUT2D eigenvalue weighted by atomic mass is 32.2. The SMILES string of the molecule is Cc1cccc(N2C(=O)[C@@H]3[C@@H](ON(c4ccccc4)[C@H]3c3ccccc3OS(=O)(=O)c3ccccc3)C2=O)c1. The number of aryl methyl sites for hydroxylation is 1. The average Bonchev–Trinajstić information content (AvgIpc) is 3.45. The van der Waals surface area contributed by atoms with Gasteiger partial charge in [-0.1, -0.05) is 66.7 Å². The van der Waals surface area contributed by atoms with Crippen molar-refractivity contribution >= 4 is 33.3 Å². The Labute approximate surface area is 226 Å². The van der Waals surface area contributed by atoms with Crippen molar-refractivity contribution in [3.8, 4) is 5.75 Å². The number of imide groups is 1. The van der Waals surface area contributed by atoms with E-state index in [9.17, 15) is 18.0 Å². The summed E-state index contributed by atoms with van der Waals surface area (Å²) in [5.41, 5.74) is 2.38. The van der Waals surface area contributed by atoms with Crippen molar-refractivity contribution in [3.63, 3.8) is 0 Å². The Kier molecular flexibility index (Phi) is 6.17. The first-order valence-electron chi connectivity index (χ1n) is 12.4. The fraction of sp³-hybridized carbons (Fsp3) is 0.133. The highest BCUT2D eigenvalue weighted by molar-refractivity contribution is 7.87. The Morgan fingerprint density at radius 2 is 1.38 bits per heavy atom. The van der Waals surface area contributed by atoms with Gasteiger partial charge in [-0.3, -0.25) is 14.4 Å². The van der Waals surface area contributed by atoms with Crippen LogP contribution in [0.4, 0.5) is 11.4 Å². The topological polar surface area (TPSA) is 93.2 Å².